The minimum Gasteiger partial charge on any atom is -0.378 e. The molecule has 30 heavy (non-hydrogen) atoms. The maximum absolute atomic E-state index is 13.4. The quantitative estimate of drug-likeness (QED) is 0.575. The summed E-state index contributed by atoms with van der Waals surface area (Å²) in [6.45, 7) is 6.22. The smallest absolute Gasteiger partial charge is 0.264 e. The number of hydrogen-bond acceptors (Lipinski definition) is 7. The predicted octanol–water partition coefficient (Wildman–Crippen LogP) is 3.16. The Hall–Kier alpha value is -2.23. The third-order valence-electron chi connectivity index (χ3n) is 5.88. The molecule has 0 aliphatic carbocycles. The Labute approximate surface area is 183 Å². The molecule has 2 fully saturated rings. The number of hydrogen-bond donors (Lipinski definition) is 0. The molecule has 3 aromatic rings. The van der Waals surface area contributed by atoms with Gasteiger partial charge in [-0.15, -0.1) is 11.3 Å². The maximum Gasteiger partial charge on any atom is 0.264 e. The number of carbonyl (C=O) groups excluding carboxylic acids is 1. The third-order valence-corrected chi connectivity index (χ3v) is 7.31. The highest BCUT2D eigenvalue weighted by Gasteiger charge is 2.29. The first-order chi connectivity index (χ1) is 14.6. The minimum absolute atomic E-state index is 0.0680. The second kappa shape index (κ2) is 8.13. The standard InChI is InChI=1S/C20H23ClN6O2S/c1-13-15-17(18(24-20(21)23-15)25-9-11-29-12-10-25)30-16(13)19(28)26-7-3-14(4-8-26)27-6-2-5-22-27/h2,5-6,14H,3-4,7-12H2,1H3. The van der Waals surface area contributed by atoms with Gasteiger partial charge < -0.3 is 14.5 Å². The molecule has 5 rings (SSSR count). The molecule has 158 valence electrons. The average Bonchev–Trinajstić information content (AvgIpc) is 3.43. The normalized spacial score (nSPS) is 18.3. The van der Waals surface area contributed by atoms with Crippen LogP contribution in [-0.4, -0.2) is 69.9 Å². The summed E-state index contributed by atoms with van der Waals surface area (Å²) in [5.74, 6) is 0.872. The van der Waals surface area contributed by atoms with Crippen LogP contribution in [0, 0.1) is 6.92 Å². The molecule has 3 aromatic heterocycles. The maximum atomic E-state index is 13.4. The number of amides is 1. The first-order valence-corrected chi connectivity index (χ1v) is 11.4. The van der Waals surface area contributed by atoms with Gasteiger partial charge >= 0.3 is 0 Å². The second-order valence-corrected chi connectivity index (χ2v) is 9.02. The highest BCUT2D eigenvalue weighted by Crippen LogP contribution is 2.37. The van der Waals surface area contributed by atoms with Crippen LogP contribution in [0.2, 0.25) is 5.28 Å². The van der Waals surface area contributed by atoms with Gasteiger partial charge in [0.1, 0.15) is 0 Å². The van der Waals surface area contributed by atoms with Crippen LogP contribution >= 0.6 is 22.9 Å². The van der Waals surface area contributed by atoms with Gasteiger partial charge in [-0.05, 0) is 43.0 Å². The minimum atomic E-state index is 0.0680. The second-order valence-electron chi connectivity index (χ2n) is 7.66. The largest absolute Gasteiger partial charge is 0.378 e. The summed E-state index contributed by atoms with van der Waals surface area (Å²) < 4.78 is 8.39. The number of aryl methyl sites for hydroxylation is 1. The summed E-state index contributed by atoms with van der Waals surface area (Å²) in [5, 5.41) is 4.56. The number of morpholine rings is 1. The number of nitrogens with zero attached hydrogens (tertiary/aromatic N) is 6. The van der Waals surface area contributed by atoms with Crippen molar-refractivity contribution < 1.29 is 9.53 Å². The SMILES string of the molecule is Cc1c(C(=O)N2CCC(n3cccn3)CC2)sc2c(N3CCOCC3)nc(Cl)nc12. The van der Waals surface area contributed by atoms with Crippen molar-refractivity contribution in [2.75, 3.05) is 44.3 Å². The van der Waals surface area contributed by atoms with Crippen molar-refractivity contribution in [3.8, 4) is 0 Å². The van der Waals surface area contributed by atoms with Gasteiger partial charge in [0.15, 0.2) is 5.82 Å². The number of halogens is 1. The van der Waals surface area contributed by atoms with E-state index in [0.717, 1.165) is 65.5 Å². The first-order valence-electron chi connectivity index (χ1n) is 10.2. The van der Waals surface area contributed by atoms with Crippen molar-refractivity contribution in [3.63, 3.8) is 0 Å². The number of carbonyl (C=O) groups is 1. The van der Waals surface area contributed by atoms with Crippen LogP contribution in [-0.2, 0) is 4.74 Å². The summed E-state index contributed by atoms with van der Waals surface area (Å²) >= 11 is 7.72. The molecule has 0 saturated carbocycles. The topological polar surface area (TPSA) is 76.4 Å². The van der Waals surface area contributed by atoms with Gasteiger partial charge in [-0.3, -0.25) is 9.48 Å². The van der Waals surface area contributed by atoms with Crippen LogP contribution in [0.3, 0.4) is 0 Å². The number of piperidine rings is 1. The Bertz CT molecular complexity index is 1060. The van der Waals surface area contributed by atoms with E-state index in [0.29, 0.717) is 19.3 Å². The zero-order valence-electron chi connectivity index (χ0n) is 16.8. The zero-order chi connectivity index (χ0) is 20.7. The predicted molar refractivity (Wildman–Crippen MR) is 117 cm³/mol. The lowest BCUT2D eigenvalue weighted by Gasteiger charge is -2.32. The number of likely N-dealkylation sites (tertiary alicyclic amines) is 1. The fraction of sp³-hybridized carbons (Fsp3) is 0.500. The van der Waals surface area contributed by atoms with Crippen LogP contribution < -0.4 is 4.90 Å². The number of rotatable bonds is 3. The number of aromatic nitrogens is 4. The van der Waals surface area contributed by atoms with Gasteiger partial charge in [0, 0.05) is 38.6 Å². The summed E-state index contributed by atoms with van der Waals surface area (Å²) in [5.41, 5.74) is 1.66. The van der Waals surface area contributed by atoms with E-state index in [2.05, 4.69) is 20.0 Å². The van der Waals surface area contributed by atoms with E-state index >= 15 is 0 Å². The number of thiophene rings is 1. The molecule has 10 heteroatoms. The Morgan fingerprint density at radius 1 is 1.20 bits per heavy atom. The van der Waals surface area contributed by atoms with Crippen molar-refractivity contribution in [2.45, 2.75) is 25.8 Å². The molecule has 1 amide bonds. The lowest BCUT2D eigenvalue weighted by molar-refractivity contribution is 0.0694. The van der Waals surface area contributed by atoms with E-state index in [4.69, 9.17) is 16.3 Å². The molecule has 0 bridgehead atoms. The molecule has 2 aliphatic rings. The molecule has 0 radical (unpaired) electrons. The highest BCUT2D eigenvalue weighted by atomic mass is 35.5. The van der Waals surface area contributed by atoms with Gasteiger partial charge in [-0.25, -0.2) is 4.98 Å². The van der Waals surface area contributed by atoms with Crippen LogP contribution in [0.25, 0.3) is 10.2 Å². The number of fused-ring (bicyclic) bond motifs is 1. The summed E-state index contributed by atoms with van der Waals surface area (Å²) in [4.78, 5) is 27.1. The molecule has 0 atom stereocenters. The molecule has 8 nitrogen and oxygen atoms in total. The summed E-state index contributed by atoms with van der Waals surface area (Å²) in [6, 6.07) is 2.29. The monoisotopic (exact) mass is 446 g/mol. The molecule has 2 saturated heterocycles. The van der Waals surface area contributed by atoms with E-state index in [9.17, 15) is 4.79 Å². The van der Waals surface area contributed by atoms with Crippen molar-refractivity contribution >= 4 is 44.9 Å². The van der Waals surface area contributed by atoms with Crippen LogP contribution in [0.1, 0.15) is 34.1 Å². The lowest BCUT2D eigenvalue weighted by atomic mass is 10.0. The lowest BCUT2D eigenvalue weighted by Crippen LogP contribution is -2.39. The van der Waals surface area contributed by atoms with Crippen LogP contribution in [0.4, 0.5) is 5.82 Å². The number of anilines is 1. The third kappa shape index (κ3) is 3.55. The van der Waals surface area contributed by atoms with E-state index in [1.54, 1.807) is 6.20 Å². The molecule has 0 spiro atoms. The van der Waals surface area contributed by atoms with E-state index in [-0.39, 0.29) is 11.2 Å². The summed E-state index contributed by atoms with van der Waals surface area (Å²) in [6.07, 6.45) is 5.61. The fourth-order valence-corrected chi connectivity index (χ4v) is 5.61. The van der Waals surface area contributed by atoms with E-state index < -0.39 is 0 Å². The van der Waals surface area contributed by atoms with Crippen molar-refractivity contribution in [2.24, 2.45) is 0 Å². The Kier molecular flexibility index (Phi) is 5.34. The molecule has 5 heterocycles. The van der Waals surface area contributed by atoms with E-state index in [1.807, 2.05) is 28.8 Å². The average molecular weight is 447 g/mol. The van der Waals surface area contributed by atoms with Gasteiger partial charge in [0.25, 0.3) is 5.91 Å². The molecule has 2 aliphatic heterocycles. The van der Waals surface area contributed by atoms with Gasteiger partial charge in [-0.1, -0.05) is 0 Å². The van der Waals surface area contributed by atoms with Crippen molar-refractivity contribution in [3.05, 3.63) is 34.2 Å². The Morgan fingerprint density at radius 2 is 1.97 bits per heavy atom. The Balaban J connectivity index is 1.41. The zero-order valence-corrected chi connectivity index (χ0v) is 18.3. The molecule has 0 unspecified atom stereocenters. The summed E-state index contributed by atoms with van der Waals surface area (Å²) in [7, 11) is 0. The molecule has 0 aromatic carbocycles. The molecule has 0 N–H and O–H groups in total. The highest BCUT2D eigenvalue weighted by molar-refractivity contribution is 7.21. The van der Waals surface area contributed by atoms with Crippen LogP contribution in [0.5, 0.6) is 0 Å². The first kappa shape index (κ1) is 19.7. The van der Waals surface area contributed by atoms with Gasteiger partial charge in [0.2, 0.25) is 5.28 Å². The van der Waals surface area contributed by atoms with Gasteiger partial charge in [-0.2, -0.15) is 10.1 Å². The van der Waals surface area contributed by atoms with Crippen molar-refractivity contribution in [1.29, 1.82) is 0 Å². The molecular formula is C20H23ClN6O2S. The van der Waals surface area contributed by atoms with E-state index in [1.165, 1.54) is 11.3 Å². The fourth-order valence-electron chi connectivity index (χ4n) is 4.21. The number of ether oxygens (including phenoxy) is 1. The van der Waals surface area contributed by atoms with Crippen LogP contribution in [0.15, 0.2) is 18.5 Å². The van der Waals surface area contributed by atoms with Crippen molar-refractivity contribution in [1.82, 2.24) is 24.6 Å². The van der Waals surface area contributed by atoms with Gasteiger partial charge in [0.05, 0.1) is 34.3 Å². The molecular weight excluding hydrogens is 424 g/mol. The Morgan fingerprint density at radius 3 is 2.67 bits per heavy atom.